The average molecular weight is 330 g/mol. The van der Waals surface area contributed by atoms with Gasteiger partial charge in [-0.1, -0.05) is 0 Å². The largest absolute Gasteiger partial charge is 0.404 e. The lowest BCUT2D eigenvalue weighted by Gasteiger charge is -2.68. The third kappa shape index (κ3) is 2.56. The number of nitrogens with two attached hydrogens (primary N) is 2. The normalized spacial score (nSPS) is 32.1. The molecule has 1 aromatic rings. The second-order valence-electron chi connectivity index (χ2n) is 7.59. The number of aromatic nitrogens is 2. The van der Waals surface area contributed by atoms with E-state index in [1.165, 1.54) is 25.2 Å². The minimum atomic E-state index is -0.484. The lowest BCUT2D eigenvalue weighted by molar-refractivity contribution is -0.0323. The van der Waals surface area contributed by atoms with Crippen molar-refractivity contribution in [2.75, 3.05) is 12.4 Å². The highest BCUT2D eigenvalue weighted by molar-refractivity contribution is 6.23. The molecule has 4 saturated carbocycles. The maximum absolute atomic E-state index is 14.3. The van der Waals surface area contributed by atoms with Gasteiger partial charge in [0.15, 0.2) is 5.82 Å². The molecule has 4 fully saturated rings. The Morgan fingerprint density at radius 2 is 2.17 bits per heavy atom. The van der Waals surface area contributed by atoms with Crippen molar-refractivity contribution in [2.24, 2.45) is 22.4 Å². The molecule has 0 atom stereocenters. The molecule has 0 saturated heterocycles. The van der Waals surface area contributed by atoms with Crippen LogP contribution in [0, 0.1) is 11.7 Å². The van der Waals surface area contributed by atoms with E-state index in [0.717, 1.165) is 31.4 Å². The van der Waals surface area contributed by atoms with Gasteiger partial charge in [0.2, 0.25) is 5.95 Å². The Bertz CT molecular complexity index is 717. The first kappa shape index (κ1) is 15.5. The smallest absolute Gasteiger partial charge is 0.223 e. The Morgan fingerprint density at radius 3 is 2.71 bits per heavy atom. The second kappa shape index (κ2) is 5.24. The van der Waals surface area contributed by atoms with Crippen LogP contribution in [-0.2, 0) is 0 Å². The number of nitrogens with one attached hydrogen (secondary N) is 1. The standard InChI is InChI=1S/C17H23FN6/c1-21-13(4-10-2-3-10)11(5-19)14-12(18)6-22-15(23-14)24-17-7-16(20,8-17)9-17/h5-6,10H,2-4,7-9,19-20H2,1H3,(H,22,23,24). The molecular weight excluding hydrogens is 307 g/mol. The summed E-state index contributed by atoms with van der Waals surface area (Å²) in [6, 6.07) is 0. The van der Waals surface area contributed by atoms with Crippen LogP contribution in [0.2, 0.25) is 0 Å². The van der Waals surface area contributed by atoms with Gasteiger partial charge >= 0.3 is 0 Å². The number of aliphatic imine (C=N–C) groups is 1. The van der Waals surface area contributed by atoms with E-state index in [1.54, 1.807) is 7.05 Å². The van der Waals surface area contributed by atoms with E-state index in [4.69, 9.17) is 11.5 Å². The van der Waals surface area contributed by atoms with Gasteiger partial charge in [-0.2, -0.15) is 0 Å². The zero-order chi connectivity index (χ0) is 16.9. The summed E-state index contributed by atoms with van der Waals surface area (Å²) in [7, 11) is 1.71. The molecule has 0 amide bonds. The summed E-state index contributed by atoms with van der Waals surface area (Å²) >= 11 is 0. The fourth-order valence-corrected chi connectivity index (χ4v) is 4.08. The van der Waals surface area contributed by atoms with Crippen LogP contribution in [0.15, 0.2) is 17.4 Å². The lowest BCUT2D eigenvalue weighted by atomic mass is 9.45. The number of nitrogens with zero attached hydrogens (tertiary/aromatic N) is 3. The first-order valence-electron chi connectivity index (χ1n) is 8.44. The molecule has 7 heteroatoms. The van der Waals surface area contributed by atoms with Crippen molar-refractivity contribution < 1.29 is 4.39 Å². The van der Waals surface area contributed by atoms with Crippen LogP contribution in [0.5, 0.6) is 0 Å². The number of hydrogen-bond acceptors (Lipinski definition) is 6. The summed E-state index contributed by atoms with van der Waals surface area (Å²) in [5.74, 6) is 0.569. The molecule has 0 radical (unpaired) electrons. The molecule has 6 nitrogen and oxygen atoms in total. The third-order valence-corrected chi connectivity index (χ3v) is 5.37. The highest BCUT2D eigenvalue weighted by Crippen LogP contribution is 2.59. The van der Waals surface area contributed by atoms with E-state index in [9.17, 15) is 4.39 Å². The first-order chi connectivity index (χ1) is 11.5. The van der Waals surface area contributed by atoms with Crippen LogP contribution >= 0.6 is 0 Å². The summed E-state index contributed by atoms with van der Waals surface area (Å²) in [5, 5.41) is 3.33. The summed E-state index contributed by atoms with van der Waals surface area (Å²) in [6.07, 6.45) is 8.54. The predicted molar refractivity (Wildman–Crippen MR) is 92.0 cm³/mol. The monoisotopic (exact) mass is 330 g/mol. The van der Waals surface area contributed by atoms with Gasteiger partial charge in [-0.3, -0.25) is 4.99 Å². The molecule has 1 aromatic heterocycles. The molecule has 4 aliphatic carbocycles. The van der Waals surface area contributed by atoms with Crippen LogP contribution in [0.3, 0.4) is 0 Å². The molecule has 0 spiro atoms. The van der Waals surface area contributed by atoms with E-state index < -0.39 is 5.82 Å². The zero-order valence-corrected chi connectivity index (χ0v) is 13.8. The van der Waals surface area contributed by atoms with Gasteiger partial charge in [0.25, 0.3) is 0 Å². The number of rotatable bonds is 6. The van der Waals surface area contributed by atoms with Gasteiger partial charge in [-0.25, -0.2) is 14.4 Å². The molecule has 128 valence electrons. The average Bonchev–Trinajstić information content (AvgIpc) is 3.31. The highest BCUT2D eigenvalue weighted by atomic mass is 19.1. The van der Waals surface area contributed by atoms with Crippen LogP contribution in [-0.4, -0.2) is 33.8 Å². The van der Waals surface area contributed by atoms with Gasteiger partial charge in [0.1, 0.15) is 5.69 Å². The first-order valence-corrected chi connectivity index (χ1v) is 8.44. The maximum Gasteiger partial charge on any atom is 0.223 e. The van der Waals surface area contributed by atoms with Crippen molar-refractivity contribution >= 4 is 17.2 Å². The Kier molecular flexibility index (Phi) is 3.38. The SMILES string of the molecule is CN=C(CC1CC1)C(=CN)c1nc(NC23CC(N)(C2)C3)ncc1F. The summed E-state index contributed by atoms with van der Waals surface area (Å²) < 4.78 is 14.3. The molecule has 4 aliphatic rings. The number of hydrogen-bond donors (Lipinski definition) is 3. The van der Waals surface area contributed by atoms with Gasteiger partial charge in [-0.15, -0.1) is 0 Å². The maximum atomic E-state index is 14.3. The lowest BCUT2D eigenvalue weighted by Crippen LogP contribution is -2.79. The molecule has 5 N–H and O–H groups in total. The van der Waals surface area contributed by atoms with Crippen molar-refractivity contribution in [2.45, 2.75) is 49.6 Å². The number of allylic oxidation sites excluding steroid dienone is 1. The molecule has 2 bridgehead atoms. The fourth-order valence-electron chi connectivity index (χ4n) is 4.08. The molecule has 1 heterocycles. The predicted octanol–water partition coefficient (Wildman–Crippen LogP) is 1.83. The minimum absolute atomic E-state index is 0.00781. The Hall–Kier alpha value is -2.02. The van der Waals surface area contributed by atoms with Gasteiger partial charge in [-0.05, 0) is 44.4 Å². The number of anilines is 1. The third-order valence-electron chi connectivity index (χ3n) is 5.37. The van der Waals surface area contributed by atoms with Crippen molar-refractivity contribution in [3.8, 4) is 0 Å². The zero-order valence-electron chi connectivity index (χ0n) is 13.8. The summed E-state index contributed by atoms with van der Waals surface area (Å²) in [4.78, 5) is 12.8. The van der Waals surface area contributed by atoms with Crippen molar-refractivity contribution in [3.05, 3.63) is 23.9 Å². The summed E-state index contributed by atoms with van der Waals surface area (Å²) in [5.41, 5.74) is 13.4. The van der Waals surface area contributed by atoms with E-state index in [1.807, 2.05) is 0 Å². The Balaban J connectivity index is 1.57. The Morgan fingerprint density at radius 1 is 1.46 bits per heavy atom. The fraction of sp³-hybridized carbons (Fsp3) is 0.588. The van der Waals surface area contributed by atoms with Crippen LogP contribution in [0.1, 0.15) is 44.2 Å². The van der Waals surface area contributed by atoms with Gasteiger partial charge in [0, 0.05) is 35.6 Å². The van der Waals surface area contributed by atoms with Gasteiger partial charge < -0.3 is 16.8 Å². The Labute approximate surface area is 140 Å². The topological polar surface area (TPSA) is 102 Å². The van der Waals surface area contributed by atoms with Crippen LogP contribution in [0.25, 0.3) is 5.57 Å². The van der Waals surface area contributed by atoms with E-state index in [0.29, 0.717) is 17.4 Å². The molecule has 0 unspecified atom stereocenters. The molecule has 5 rings (SSSR count). The quantitative estimate of drug-likeness (QED) is 0.691. The molecule has 0 aliphatic heterocycles. The van der Waals surface area contributed by atoms with E-state index >= 15 is 0 Å². The van der Waals surface area contributed by atoms with Crippen LogP contribution < -0.4 is 16.8 Å². The number of halogens is 1. The van der Waals surface area contributed by atoms with E-state index in [-0.39, 0.29) is 16.8 Å². The molecule has 24 heavy (non-hydrogen) atoms. The minimum Gasteiger partial charge on any atom is -0.404 e. The summed E-state index contributed by atoms with van der Waals surface area (Å²) in [6.45, 7) is 0. The highest BCUT2D eigenvalue weighted by Gasteiger charge is 2.66. The molecular formula is C17H23FN6. The van der Waals surface area contributed by atoms with Gasteiger partial charge in [0.05, 0.1) is 6.20 Å². The van der Waals surface area contributed by atoms with Crippen LogP contribution in [0.4, 0.5) is 10.3 Å². The van der Waals surface area contributed by atoms with Crippen molar-refractivity contribution in [3.63, 3.8) is 0 Å². The molecule has 0 aromatic carbocycles. The van der Waals surface area contributed by atoms with E-state index in [2.05, 4.69) is 20.3 Å². The van der Waals surface area contributed by atoms with Crippen molar-refractivity contribution in [1.29, 1.82) is 0 Å². The second-order valence-corrected chi connectivity index (χ2v) is 7.59. The van der Waals surface area contributed by atoms with Crippen molar-refractivity contribution in [1.82, 2.24) is 9.97 Å².